The fourth-order valence-corrected chi connectivity index (χ4v) is 0.645. The quantitative estimate of drug-likeness (QED) is 0.290. The Balaban J connectivity index is 2.33. The van der Waals surface area contributed by atoms with E-state index in [2.05, 4.69) is 0 Å². The molecule has 1 saturated carbocycles. The van der Waals surface area contributed by atoms with Crippen LogP contribution in [-0.4, -0.2) is 16.3 Å². The van der Waals surface area contributed by atoms with Crippen molar-refractivity contribution in [3.63, 3.8) is 0 Å². The van der Waals surface area contributed by atoms with Gasteiger partial charge in [0.05, 0.1) is 0 Å². The lowest BCUT2D eigenvalue weighted by Gasteiger charge is -1.79. The van der Waals surface area contributed by atoms with Crippen molar-refractivity contribution < 1.29 is 4.92 Å². The SMILES string of the molecule is O=[N+]([O-])C1CC1Cl. The van der Waals surface area contributed by atoms with Crippen LogP contribution >= 0.6 is 11.6 Å². The van der Waals surface area contributed by atoms with Gasteiger partial charge in [0.1, 0.15) is 5.38 Å². The molecule has 1 fully saturated rings. The lowest BCUT2D eigenvalue weighted by Crippen LogP contribution is -2.02. The zero-order chi connectivity index (χ0) is 5.44. The predicted molar refractivity (Wildman–Crippen MR) is 25.0 cm³/mol. The van der Waals surface area contributed by atoms with Crippen molar-refractivity contribution in [3.05, 3.63) is 10.1 Å². The molecule has 0 aliphatic heterocycles. The monoisotopic (exact) mass is 121 g/mol. The second-order valence-corrected chi connectivity index (χ2v) is 2.16. The van der Waals surface area contributed by atoms with E-state index in [4.69, 9.17) is 11.6 Å². The first kappa shape index (κ1) is 4.84. The standard InChI is InChI=1S/C3H4ClNO2/c4-2-1-3(2)5(6)7/h2-3H,1H2. The minimum atomic E-state index is -0.443. The van der Waals surface area contributed by atoms with E-state index in [0.717, 1.165) is 0 Å². The Kier molecular flexibility index (Phi) is 0.922. The van der Waals surface area contributed by atoms with Gasteiger partial charge in [0.25, 0.3) is 0 Å². The first-order valence-electron chi connectivity index (χ1n) is 1.99. The maximum absolute atomic E-state index is 9.69. The van der Waals surface area contributed by atoms with Crippen LogP contribution in [0.1, 0.15) is 6.42 Å². The lowest BCUT2D eigenvalue weighted by molar-refractivity contribution is -0.494. The van der Waals surface area contributed by atoms with Crippen LogP contribution in [0.25, 0.3) is 0 Å². The Hall–Kier alpha value is -0.310. The van der Waals surface area contributed by atoms with Gasteiger partial charge in [-0.3, -0.25) is 10.1 Å². The summed E-state index contributed by atoms with van der Waals surface area (Å²) in [5.41, 5.74) is 0. The summed E-state index contributed by atoms with van der Waals surface area (Å²) in [5.74, 6) is 0. The van der Waals surface area contributed by atoms with Crippen LogP contribution < -0.4 is 0 Å². The fourth-order valence-electron chi connectivity index (χ4n) is 0.370. The summed E-state index contributed by atoms with van der Waals surface area (Å²) < 4.78 is 0. The van der Waals surface area contributed by atoms with E-state index in [1.54, 1.807) is 0 Å². The van der Waals surface area contributed by atoms with E-state index < -0.39 is 6.04 Å². The van der Waals surface area contributed by atoms with Gasteiger partial charge < -0.3 is 0 Å². The van der Waals surface area contributed by atoms with Crippen LogP contribution in [0.4, 0.5) is 0 Å². The fraction of sp³-hybridized carbons (Fsp3) is 1.00. The summed E-state index contributed by atoms with van der Waals surface area (Å²) in [7, 11) is 0. The number of hydrogen-bond acceptors (Lipinski definition) is 2. The van der Waals surface area contributed by atoms with Crippen LogP contribution in [0.5, 0.6) is 0 Å². The summed E-state index contributed by atoms with van der Waals surface area (Å²) in [6, 6.07) is -0.443. The maximum Gasteiger partial charge on any atom is 0.231 e. The number of hydrogen-bond donors (Lipinski definition) is 0. The molecule has 0 aromatic carbocycles. The second-order valence-electron chi connectivity index (χ2n) is 1.60. The summed E-state index contributed by atoms with van der Waals surface area (Å²) >= 11 is 5.31. The molecule has 0 heterocycles. The molecule has 1 aliphatic rings. The van der Waals surface area contributed by atoms with Crippen molar-refractivity contribution in [2.24, 2.45) is 0 Å². The molecule has 2 unspecified atom stereocenters. The highest BCUT2D eigenvalue weighted by Crippen LogP contribution is 2.29. The predicted octanol–water partition coefficient (Wildman–Crippen LogP) is 0.643. The minimum Gasteiger partial charge on any atom is -0.264 e. The molecule has 0 amide bonds. The zero-order valence-corrected chi connectivity index (χ0v) is 4.26. The first-order chi connectivity index (χ1) is 3.22. The number of rotatable bonds is 1. The molecular formula is C3H4ClNO2. The molecule has 3 nitrogen and oxygen atoms in total. The third-order valence-corrected chi connectivity index (χ3v) is 1.42. The maximum atomic E-state index is 9.69. The van der Waals surface area contributed by atoms with Gasteiger partial charge in [-0.25, -0.2) is 0 Å². The van der Waals surface area contributed by atoms with E-state index in [1.165, 1.54) is 0 Å². The Morgan fingerprint density at radius 2 is 2.29 bits per heavy atom. The molecule has 2 atom stereocenters. The second kappa shape index (κ2) is 1.33. The van der Waals surface area contributed by atoms with E-state index in [0.29, 0.717) is 6.42 Å². The van der Waals surface area contributed by atoms with Gasteiger partial charge in [0.2, 0.25) is 6.04 Å². The molecule has 1 rings (SSSR count). The molecule has 0 saturated heterocycles. The van der Waals surface area contributed by atoms with E-state index in [1.807, 2.05) is 0 Å². The van der Waals surface area contributed by atoms with Gasteiger partial charge in [-0.15, -0.1) is 11.6 Å². The van der Waals surface area contributed by atoms with Gasteiger partial charge in [0, 0.05) is 11.3 Å². The molecule has 0 N–H and O–H groups in total. The third-order valence-electron chi connectivity index (χ3n) is 0.952. The Morgan fingerprint density at radius 3 is 2.29 bits per heavy atom. The molecule has 0 aromatic rings. The van der Waals surface area contributed by atoms with E-state index in [-0.39, 0.29) is 10.3 Å². The van der Waals surface area contributed by atoms with Crippen LogP contribution in [0, 0.1) is 10.1 Å². The Morgan fingerprint density at radius 1 is 1.86 bits per heavy atom. The number of halogens is 1. The Labute approximate surface area is 45.4 Å². The number of nitro groups is 1. The topological polar surface area (TPSA) is 43.1 Å². The highest BCUT2D eigenvalue weighted by atomic mass is 35.5. The zero-order valence-electron chi connectivity index (χ0n) is 3.50. The molecule has 1 aliphatic carbocycles. The van der Waals surface area contributed by atoms with Crippen LogP contribution in [0.15, 0.2) is 0 Å². The van der Waals surface area contributed by atoms with Crippen LogP contribution in [0.3, 0.4) is 0 Å². The molecule has 4 heteroatoms. The van der Waals surface area contributed by atoms with E-state index >= 15 is 0 Å². The minimum absolute atomic E-state index is 0.185. The third kappa shape index (κ3) is 0.825. The first-order valence-corrected chi connectivity index (χ1v) is 2.43. The van der Waals surface area contributed by atoms with Gasteiger partial charge in [0.15, 0.2) is 0 Å². The molecule has 40 valence electrons. The summed E-state index contributed by atoms with van der Waals surface area (Å²) in [4.78, 5) is 9.36. The number of alkyl halides is 1. The average molecular weight is 122 g/mol. The van der Waals surface area contributed by atoms with Crippen LogP contribution in [0.2, 0.25) is 0 Å². The summed E-state index contributed by atoms with van der Waals surface area (Å²) in [6.07, 6.45) is 0.550. The van der Waals surface area contributed by atoms with Crippen molar-refractivity contribution in [1.82, 2.24) is 0 Å². The van der Waals surface area contributed by atoms with E-state index in [9.17, 15) is 10.1 Å². The van der Waals surface area contributed by atoms with Crippen molar-refractivity contribution >= 4 is 11.6 Å². The van der Waals surface area contributed by atoms with Crippen molar-refractivity contribution in [2.45, 2.75) is 17.8 Å². The molecule has 0 radical (unpaired) electrons. The van der Waals surface area contributed by atoms with Crippen LogP contribution in [-0.2, 0) is 0 Å². The van der Waals surface area contributed by atoms with Crippen molar-refractivity contribution in [2.75, 3.05) is 0 Å². The Bertz CT molecular complexity index is 105. The van der Waals surface area contributed by atoms with Gasteiger partial charge in [-0.1, -0.05) is 0 Å². The smallest absolute Gasteiger partial charge is 0.231 e. The van der Waals surface area contributed by atoms with Crippen molar-refractivity contribution in [3.8, 4) is 0 Å². The molecule has 0 bridgehead atoms. The summed E-state index contributed by atoms with van der Waals surface area (Å²) in [5, 5.41) is 9.51. The average Bonchev–Trinajstić information content (AvgIpc) is 2.17. The molecule has 0 aromatic heterocycles. The molecular weight excluding hydrogens is 117 g/mol. The highest BCUT2D eigenvalue weighted by molar-refractivity contribution is 6.22. The highest BCUT2D eigenvalue weighted by Gasteiger charge is 2.46. The molecule has 0 spiro atoms. The largest absolute Gasteiger partial charge is 0.264 e. The van der Waals surface area contributed by atoms with Gasteiger partial charge >= 0.3 is 0 Å². The normalized spacial score (nSPS) is 37.9. The number of nitrogens with zero attached hydrogens (tertiary/aromatic N) is 1. The lowest BCUT2D eigenvalue weighted by atomic mass is 10.8. The summed E-state index contributed by atoms with van der Waals surface area (Å²) in [6.45, 7) is 0. The molecule has 7 heavy (non-hydrogen) atoms. The van der Waals surface area contributed by atoms with Crippen molar-refractivity contribution in [1.29, 1.82) is 0 Å². The van der Waals surface area contributed by atoms with Gasteiger partial charge in [-0.05, 0) is 0 Å². The van der Waals surface area contributed by atoms with Gasteiger partial charge in [-0.2, -0.15) is 0 Å².